The van der Waals surface area contributed by atoms with Gasteiger partial charge in [0.2, 0.25) is 0 Å². The zero-order chi connectivity index (χ0) is 25.6. The van der Waals surface area contributed by atoms with Crippen molar-refractivity contribution < 1.29 is 9.90 Å². The van der Waals surface area contributed by atoms with Crippen LogP contribution in [0.3, 0.4) is 0 Å². The van der Waals surface area contributed by atoms with Crippen LogP contribution in [0.4, 0.5) is 10.5 Å². The lowest BCUT2D eigenvalue weighted by Gasteiger charge is -2.27. The molecule has 1 aliphatic heterocycles. The summed E-state index contributed by atoms with van der Waals surface area (Å²) >= 11 is 0. The first-order valence-electron chi connectivity index (χ1n) is 12.5. The second kappa shape index (κ2) is 11.1. The zero-order valence-corrected chi connectivity index (χ0v) is 20.6. The second-order valence-corrected chi connectivity index (χ2v) is 9.10. The lowest BCUT2D eigenvalue weighted by atomic mass is 10.0. The van der Waals surface area contributed by atoms with Gasteiger partial charge in [0.15, 0.2) is 0 Å². The minimum Gasteiger partial charge on any atom is -0.508 e. The number of nitrogens with two attached hydrogens (primary N) is 1. The van der Waals surface area contributed by atoms with E-state index < -0.39 is 0 Å². The number of allylic oxidation sites excluding steroid dienone is 1. The maximum Gasteiger partial charge on any atom is 0.345 e. The Kier molecular flexibility index (Phi) is 7.28. The van der Waals surface area contributed by atoms with Gasteiger partial charge in [-0.2, -0.15) is 5.10 Å². The molecule has 5 rings (SSSR count). The van der Waals surface area contributed by atoms with Gasteiger partial charge in [0.25, 0.3) is 0 Å². The highest BCUT2D eigenvalue weighted by Gasteiger charge is 2.29. The number of hydrogen-bond acceptors (Lipinski definition) is 4. The number of benzene rings is 4. The van der Waals surface area contributed by atoms with Crippen molar-refractivity contribution in [1.82, 2.24) is 5.01 Å². The number of phenolic OH excluding ortho intramolecular Hbond substituents is 1. The fraction of sp³-hybridized carbons (Fsp3) is 0.161. The molecule has 6 nitrogen and oxygen atoms in total. The van der Waals surface area contributed by atoms with Crippen molar-refractivity contribution in [1.29, 1.82) is 0 Å². The first-order valence-corrected chi connectivity index (χ1v) is 12.5. The number of nitrogens with zero attached hydrogens (tertiary/aromatic N) is 3. The third kappa shape index (κ3) is 5.55. The third-order valence-electron chi connectivity index (χ3n) is 6.46. The molecule has 2 amide bonds. The van der Waals surface area contributed by atoms with Crippen LogP contribution in [-0.4, -0.2) is 34.9 Å². The molecule has 37 heavy (non-hydrogen) atoms. The number of carbonyl (C=O) groups excluding carboxylic acids is 1. The average Bonchev–Trinajstić information content (AvgIpc) is 3.03. The molecule has 1 aliphatic rings. The summed E-state index contributed by atoms with van der Waals surface area (Å²) in [7, 11) is 0. The summed E-state index contributed by atoms with van der Waals surface area (Å²) in [4.78, 5) is 15.7. The maximum absolute atomic E-state index is 13.9. The van der Waals surface area contributed by atoms with E-state index in [4.69, 9.17) is 10.8 Å². The van der Waals surface area contributed by atoms with Crippen molar-refractivity contribution in [2.45, 2.75) is 19.4 Å². The van der Waals surface area contributed by atoms with E-state index in [-0.39, 0.29) is 11.8 Å². The standard InChI is InChI=1S/C31H30N4O2/c32-19-5-6-20-35-31(37)34(22-24-11-15-25-7-1-2-8-26(25)21-24)30-10-4-3-9-28(30)29(33-35)18-14-23-12-16-27(36)17-13-23/h1-4,7-18,21,36H,5-6,19-20,22,32H2/b18-14+. The molecule has 4 aromatic rings. The first-order chi connectivity index (χ1) is 18.1. The van der Waals surface area contributed by atoms with E-state index in [1.54, 1.807) is 17.1 Å². The van der Waals surface area contributed by atoms with Gasteiger partial charge in [-0.15, -0.1) is 0 Å². The first kappa shape index (κ1) is 24.3. The molecule has 4 aromatic carbocycles. The fourth-order valence-corrected chi connectivity index (χ4v) is 4.50. The van der Waals surface area contributed by atoms with Crippen molar-refractivity contribution in [2.24, 2.45) is 10.8 Å². The summed E-state index contributed by atoms with van der Waals surface area (Å²) in [5, 5.41) is 18.3. The molecular formula is C31H30N4O2. The van der Waals surface area contributed by atoms with Crippen molar-refractivity contribution in [3.8, 4) is 5.75 Å². The van der Waals surface area contributed by atoms with Gasteiger partial charge in [-0.1, -0.05) is 72.8 Å². The number of rotatable bonds is 8. The Morgan fingerprint density at radius 2 is 1.59 bits per heavy atom. The van der Waals surface area contributed by atoms with Crippen LogP contribution in [-0.2, 0) is 6.54 Å². The molecule has 0 aromatic heterocycles. The van der Waals surface area contributed by atoms with Crippen LogP contribution in [0.1, 0.15) is 29.5 Å². The highest BCUT2D eigenvalue weighted by atomic mass is 16.3. The molecule has 186 valence electrons. The number of carbonyl (C=O) groups is 1. The van der Waals surface area contributed by atoms with Crippen molar-refractivity contribution in [3.05, 3.63) is 114 Å². The Labute approximate surface area is 216 Å². The fourth-order valence-electron chi connectivity index (χ4n) is 4.50. The molecule has 0 atom stereocenters. The molecule has 0 fully saturated rings. The summed E-state index contributed by atoms with van der Waals surface area (Å²) in [6, 6.07) is 29.2. The molecule has 0 saturated heterocycles. The number of fused-ring (bicyclic) bond motifs is 2. The second-order valence-electron chi connectivity index (χ2n) is 9.10. The molecule has 0 bridgehead atoms. The molecule has 0 aliphatic carbocycles. The third-order valence-corrected chi connectivity index (χ3v) is 6.46. The van der Waals surface area contributed by atoms with E-state index in [9.17, 15) is 9.90 Å². The SMILES string of the molecule is NCCCCN1N=C(/C=C/c2ccc(O)cc2)c2ccccc2N(Cc2ccc3ccccc3c2)C1=O. The van der Waals surface area contributed by atoms with E-state index in [0.717, 1.165) is 40.6 Å². The largest absolute Gasteiger partial charge is 0.508 e. The number of unbranched alkanes of at least 4 members (excludes halogenated alkanes) is 1. The van der Waals surface area contributed by atoms with Gasteiger partial charge in [0, 0.05) is 12.1 Å². The molecule has 0 spiro atoms. The Hall–Kier alpha value is -4.42. The summed E-state index contributed by atoms with van der Waals surface area (Å²) < 4.78 is 0. The van der Waals surface area contributed by atoms with Crippen LogP contribution in [0.5, 0.6) is 5.75 Å². The van der Waals surface area contributed by atoms with Crippen molar-refractivity contribution in [2.75, 3.05) is 18.0 Å². The normalized spacial score (nSPS) is 13.6. The van der Waals surface area contributed by atoms with Crippen LogP contribution in [0, 0.1) is 0 Å². The lowest BCUT2D eigenvalue weighted by Crippen LogP contribution is -2.40. The van der Waals surface area contributed by atoms with E-state index in [0.29, 0.717) is 25.3 Å². The zero-order valence-electron chi connectivity index (χ0n) is 20.6. The number of hydrazone groups is 1. The van der Waals surface area contributed by atoms with E-state index >= 15 is 0 Å². The Bertz CT molecular complexity index is 1460. The van der Waals surface area contributed by atoms with Gasteiger partial charge in [0.1, 0.15) is 5.75 Å². The number of aromatic hydroxyl groups is 1. The highest BCUT2D eigenvalue weighted by Crippen LogP contribution is 2.29. The predicted molar refractivity (Wildman–Crippen MR) is 151 cm³/mol. The number of para-hydroxylation sites is 1. The Morgan fingerprint density at radius 1 is 0.838 bits per heavy atom. The van der Waals surface area contributed by atoms with Gasteiger partial charge >= 0.3 is 6.03 Å². The summed E-state index contributed by atoms with van der Waals surface area (Å²) in [6.07, 6.45) is 5.45. The van der Waals surface area contributed by atoms with E-state index in [2.05, 4.69) is 30.3 Å². The monoisotopic (exact) mass is 490 g/mol. The number of phenols is 1. The molecule has 1 heterocycles. The van der Waals surface area contributed by atoms with Gasteiger partial charge in [-0.05, 0) is 71.6 Å². The summed E-state index contributed by atoms with van der Waals surface area (Å²) in [5.74, 6) is 0.218. The minimum atomic E-state index is -0.161. The van der Waals surface area contributed by atoms with E-state index in [1.807, 2.05) is 65.6 Å². The topological polar surface area (TPSA) is 82.2 Å². The molecule has 0 saturated carbocycles. The van der Waals surface area contributed by atoms with Gasteiger partial charge in [-0.3, -0.25) is 4.90 Å². The Balaban J connectivity index is 1.54. The molecule has 0 radical (unpaired) electrons. The minimum absolute atomic E-state index is 0.161. The number of amides is 2. The maximum atomic E-state index is 13.9. The number of hydrogen-bond donors (Lipinski definition) is 2. The quantitative estimate of drug-likeness (QED) is 0.291. The molecule has 0 unspecified atom stereocenters. The molecule has 3 N–H and O–H groups in total. The van der Waals surface area contributed by atoms with Crippen LogP contribution < -0.4 is 10.6 Å². The highest BCUT2D eigenvalue weighted by molar-refractivity contribution is 6.17. The van der Waals surface area contributed by atoms with Crippen LogP contribution in [0.15, 0.2) is 102 Å². The molecule has 6 heteroatoms. The van der Waals surface area contributed by atoms with E-state index in [1.165, 1.54) is 5.39 Å². The number of urea groups is 1. The predicted octanol–water partition coefficient (Wildman–Crippen LogP) is 6.14. The average molecular weight is 491 g/mol. The summed E-state index contributed by atoms with van der Waals surface area (Å²) in [5.41, 5.74) is 10.1. The Morgan fingerprint density at radius 3 is 2.41 bits per heavy atom. The van der Waals surface area contributed by atoms with Crippen LogP contribution in [0.2, 0.25) is 0 Å². The van der Waals surface area contributed by atoms with Crippen LogP contribution >= 0.6 is 0 Å². The van der Waals surface area contributed by atoms with Crippen molar-refractivity contribution in [3.63, 3.8) is 0 Å². The lowest BCUT2D eigenvalue weighted by molar-refractivity contribution is 0.206. The van der Waals surface area contributed by atoms with Gasteiger partial charge in [0.05, 0.1) is 17.9 Å². The summed E-state index contributed by atoms with van der Waals surface area (Å²) in [6.45, 7) is 1.48. The van der Waals surface area contributed by atoms with Crippen LogP contribution in [0.25, 0.3) is 16.8 Å². The molecular weight excluding hydrogens is 460 g/mol. The number of anilines is 1. The smallest absolute Gasteiger partial charge is 0.345 e. The van der Waals surface area contributed by atoms with Gasteiger partial charge in [-0.25, -0.2) is 9.80 Å². The van der Waals surface area contributed by atoms with Crippen molar-refractivity contribution >= 4 is 34.3 Å². The van der Waals surface area contributed by atoms with Gasteiger partial charge < -0.3 is 10.8 Å².